The third-order valence-corrected chi connectivity index (χ3v) is 6.48. The Labute approximate surface area is 181 Å². The van der Waals surface area contributed by atoms with Crippen LogP contribution in [-0.4, -0.2) is 44.4 Å². The zero-order chi connectivity index (χ0) is 22.4. The lowest BCUT2D eigenvalue weighted by Gasteiger charge is -2.35. The van der Waals surface area contributed by atoms with Crippen LogP contribution in [0, 0.1) is 18.2 Å². The van der Waals surface area contributed by atoms with E-state index in [0.717, 1.165) is 49.3 Å². The van der Waals surface area contributed by atoms with Gasteiger partial charge in [0.2, 0.25) is 5.91 Å². The Balaban J connectivity index is 0.000000858. The van der Waals surface area contributed by atoms with Crippen molar-refractivity contribution in [2.24, 2.45) is 5.41 Å². The number of carboxylic acid groups (broad SMARTS) is 1. The largest absolute Gasteiger partial charge is 0.483 e. The molecule has 31 heavy (non-hydrogen) atoms. The molecule has 2 aromatic rings. The van der Waals surface area contributed by atoms with Crippen LogP contribution in [0.1, 0.15) is 49.7 Å². The van der Waals surface area contributed by atoms with E-state index in [2.05, 4.69) is 27.1 Å². The standard InChI is InChI=1S/C22H27FN4O.CH2O2/c1-3-22(21(28)25-13-16-5-4-6-17(23)11-16)12-19-7-8-20(22)27(19)14-18-9-10-24-15(2)26-18;2-1-3/h4-6,9-11,19-20H,3,7-8,12-14H2,1-2H3,(H,25,28);1H,(H,2,3)/t19-,20+,22+;/m0./s1. The Bertz CT molecular complexity index is 925. The van der Waals surface area contributed by atoms with Gasteiger partial charge in [-0.3, -0.25) is 14.5 Å². The SMILES string of the molecule is CC[C@@]1(C(=O)NCc2cccc(F)c2)C[C@@H]2CC[C@H]1N2Cc1ccnc(C)n1.O=CO. The fraction of sp³-hybridized carbons (Fsp3) is 0.478. The van der Waals surface area contributed by atoms with Crippen LogP contribution in [0.2, 0.25) is 0 Å². The Morgan fingerprint density at radius 2 is 2.16 bits per heavy atom. The highest BCUT2D eigenvalue weighted by molar-refractivity contribution is 5.84. The number of carbonyl (C=O) groups excluding carboxylic acids is 1. The van der Waals surface area contributed by atoms with E-state index in [1.54, 1.807) is 12.3 Å². The van der Waals surface area contributed by atoms with Gasteiger partial charge in [0.1, 0.15) is 11.6 Å². The second kappa shape index (κ2) is 9.96. The number of hydrogen-bond acceptors (Lipinski definition) is 5. The average Bonchev–Trinajstić information content (AvgIpc) is 3.27. The Morgan fingerprint density at radius 3 is 2.84 bits per heavy atom. The minimum absolute atomic E-state index is 0.0929. The van der Waals surface area contributed by atoms with Gasteiger partial charge in [0.15, 0.2) is 0 Å². The van der Waals surface area contributed by atoms with Gasteiger partial charge in [0, 0.05) is 31.4 Å². The van der Waals surface area contributed by atoms with Crippen LogP contribution < -0.4 is 5.32 Å². The van der Waals surface area contributed by atoms with E-state index in [4.69, 9.17) is 9.90 Å². The van der Waals surface area contributed by atoms with Crippen LogP contribution >= 0.6 is 0 Å². The smallest absolute Gasteiger partial charge is 0.290 e. The number of nitrogens with zero attached hydrogens (tertiary/aromatic N) is 3. The summed E-state index contributed by atoms with van der Waals surface area (Å²) < 4.78 is 13.4. The Hall–Kier alpha value is -2.87. The van der Waals surface area contributed by atoms with E-state index in [9.17, 15) is 9.18 Å². The van der Waals surface area contributed by atoms with Crippen molar-refractivity contribution in [1.29, 1.82) is 0 Å². The fourth-order valence-corrected chi connectivity index (χ4v) is 5.12. The maximum Gasteiger partial charge on any atom is 0.290 e. The molecule has 3 heterocycles. The van der Waals surface area contributed by atoms with E-state index in [1.807, 2.05) is 19.1 Å². The number of rotatable bonds is 6. The molecular formula is C23H29FN4O3. The maximum absolute atomic E-state index is 13.4. The summed E-state index contributed by atoms with van der Waals surface area (Å²) in [5, 5.41) is 9.97. The molecule has 0 saturated carbocycles. The second-order valence-electron chi connectivity index (χ2n) is 8.15. The van der Waals surface area contributed by atoms with Crippen molar-refractivity contribution in [3.8, 4) is 0 Å². The zero-order valence-electron chi connectivity index (χ0n) is 17.9. The number of aryl methyl sites for hydroxylation is 1. The number of nitrogens with one attached hydrogen (secondary N) is 1. The van der Waals surface area contributed by atoms with Crippen LogP contribution in [0.5, 0.6) is 0 Å². The minimum Gasteiger partial charge on any atom is -0.483 e. The first-order valence-corrected chi connectivity index (χ1v) is 10.6. The van der Waals surface area contributed by atoms with E-state index in [0.29, 0.717) is 12.6 Å². The molecule has 166 valence electrons. The molecule has 7 nitrogen and oxygen atoms in total. The Morgan fingerprint density at radius 1 is 1.39 bits per heavy atom. The highest BCUT2D eigenvalue weighted by atomic mass is 19.1. The van der Waals surface area contributed by atoms with Crippen molar-refractivity contribution in [3.05, 3.63) is 59.4 Å². The van der Waals surface area contributed by atoms with Crippen LogP contribution in [0.25, 0.3) is 0 Å². The molecule has 1 aromatic carbocycles. The van der Waals surface area contributed by atoms with Crippen LogP contribution in [0.4, 0.5) is 4.39 Å². The second-order valence-corrected chi connectivity index (χ2v) is 8.15. The molecule has 1 aromatic heterocycles. The summed E-state index contributed by atoms with van der Waals surface area (Å²) in [6.07, 6.45) is 5.66. The molecule has 2 aliphatic rings. The van der Waals surface area contributed by atoms with Gasteiger partial charge in [-0.25, -0.2) is 14.4 Å². The highest BCUT2D eigenvalue weighted by Gasteiger charge is 2.58. The summed E-state index contributed by atoms with van der Waals surface area (Å²) in [7, 11) is 0. The number of amides is 1. The molecule has 2 saturated heterocycles. The molecule has 0 aliphatic carbocycles. The number of carbonyl (C=O) groups is 2. The topological polar surface area (TPSA) is 95.4 Å². The molecule has 2 N–H and O–H groups in total. The molecule has 4 rings (SSSR count). The van der Waals surface area contributed by atoms with Crippen LogP contribution in [0.3, 0.4) is 0 Å². The van der Waals surface area contributed by atoms with Gasteiger partial charge in [0.25, 0.3) is 6.47 Å². The number of fused-ring (bicyclic) bond motifs is 2. The van der Waals surface area contributed by atoms with Crippen molar-refractivity contribution in [2.45, 2.75) is 64.7 Å². The van der Waals surface area contributed by atoms with Crippen molar-refractivity contribution in [1.82, 2.24) is 20.2 Å². The number of hydrogen-bond donors (Lipinski definition) is 2. The molecule has 0 spiro atoms. The first-order valence-electron chi connectivity index (χ1n) is 10.6. The van der Waals surface area contributed by atoms with E-state index in [-0.39, 0.29) is 29.7 Å². The van der Waals surface area contributed by atoms with Crippen molar-refractivity contribution >= 4 is 12.4 Å². The maximum atomic E-state index is 13.4. The summed E-state index contributed by atoms with van der Waals surface area (Å²) in [6, 6.07) is 9.01. The van der Waals surface area contributed by atoms with Crippen molar-refractivity contribution in [2.75, 3.05) is 0 Å². The molecule has 2 bridgehead atoms. The average molecular weight is 429 g/mol. The van der Waals surface area contributed by atoms with Crippen LogP contribution in [-0.2, 0) is 22.7 Å². The zero-order valence-corrected chi connectivity index (χ0v) is 17.9. The predicted octanol–water partition coefficient (Wildman–Crippen LogP) is 3.07. The summed E-state index contributed by atoms with van der Waals surface area (Å²) >= 11 is 0. The lowest BCUT2D eigenvalue weighted by Crippen LogP contribution is -2.48. The highest BCUT2D eigenvalue weighted by Crippen LogP contribution is 2.52. The molecule has 1 amide bonds. The van der Waals surface area contributed by atoms with Gasteiger partial charge in [-0.1, -0.05) is 19.1 Å². The number of aromatic nitrogens is 2. The van der Waals surface area contributed by atoms with Gasteiger partial charge in [-0.15, -0.1) is 0 Å². The first kappa shape index (κ1) is 22.8. The van der Waals surface area contributed by atoms with Crippen LogP contribution in [0.15, 0.2) is 36.5 Å². The summed E-state index contributed by atoms with van der Waals surface area (Å²) in [4.78, 5) is 32.8. The Kier molecular flexibility index (Phi) is 7.33. The van der Waals surface area contributed by atoms with E-state index in [1.165, 1.54) is 12.1 Å². The molecule has 0 radical (unpaired) electrons. The molecule has 8 heteroatoms. The molecule has 2 aliphatic heterocycles. The summed E-state index contributed by atoms with van der Waals surface area (Å²) in [5.41, 5.74) is 1.42. The molecule has 2 fully saturated rings. The molecular weight excluding hydrogens is 399 g/mol. The predicted molar refractivity (Wildman–Crippen MR) is 113 cm³/mol. The number of halogens is 1. The quantitative estimate of drug-likeness (QED) is 0.687. The third-order valence-electron chi connectivity index (χ3n) is 6.48. The van der Waals surface area contributed by atoms with Gasteiger partial charge < -0.3 is 10.4 Å². The normalized spacial score (nSPS) is 24.4. The van der Waals surface area contributed by atoms with Gasteiger partial charge in [-0.05, 0) is 56.4 Å². The molecule has 3 atom stereocenters. The lowest BCUT2D eigenvalue weighted by atomic mass is 9.71. The monoisotopic (exact) mass is 428 g/mol. The van der Waals surface area contributed by atoms with Crippen molar-refractivity contribution in [3.63, 3.8) is 0 Å². The summed E-state index contributed by atoms with van der Waals surface area (Å²) in [6.45, 7) is 4.88. The van der Waals surface area contributed by atoms with Gasteiger partial charge >= 0.3 is 0 Å². The minimum atomic E-state index is -0.377. The van der Waals surface area contributed by atoms with E-state index < -0.39 is 0 Å². The fourth-order valence-electron chi connectivity index (χ4n) is 5.12. The van der Waals surface area contributed by atoms with E-state index >= 15 is 0 Å². The van der Waals surface area contributed by atoms with Crippen molar-refractivity contribution < 1.29 is 19.1 Å². The lowest BCUT2D eigenvalue weighted by molar-refractivity contribution is -0.133. The van der Waals surface area contributed by atoms with Gasteiger partial charge in [0.05, 0.1) is 11.1 Å². The molecule has 0 unspecified atom stereocenters. The van der Waals surface area contributed by atoms with Gasteiger partial charge in [-0.2, -0.15) is 0 Å². The third kappa shape index (κ3) is 4.90. The first-order chi connectivity index (χ1) is 14.9. The summed E-state index contributed by atoms with van der Waals surface area (Å²) in [5.74, 6) is 0.595. The number of benzene rings is 1.